The Kier molecular flexibility index (Phi) is 7.45. The minimum Gasteiger partial charge on any atom is -0.490 e. The van der Waals surface area contributed by atoms with Gasteiger partial charge in [0.2, 0.25) is 0 Å². The van der Waals surface area contributed by atoms with Gasteiger partial charge in [-0.3, -0.25) is 4.79 Å². The maximum Gasteiger partial charge on any atom is 0.132 e. The zero-order valence-corrected chi connectivity index (χ0v) is 17.9. The van der Waals surface area contributed by atoms with Gasteiger partial charge in [0.15, 0.2) is 0 Å². The van der Waals surface area contributed by atoms with Gasteiger partial charge in [-0.1, -0.05) is 50.9 Å². The SMILES string of the molecule is CC(=O)C(C)Cc1ccc(OC/C=C(\C)c2cc(Br)cc(Br)c2)cc1. The van der Waals surface area contributed by atoms with Crippen LogP contribution in [0.25, 0.3) is 5.57 Å². The second-order valence-electron chi connectivity index (χ2n) is 6.22. The van der Waals surface area contributed by atoms with Gasteiger partial charge >= 0.3 is 0 Å². The fraction of sp³-hybridized carbons (Fsp3) is 0.286. The summed E-state index contributed by atoms with van der Waals surface area (Å²) in [7, 11) is 0. The van der Waals surface area contributed by atoms with E-state index in [0.717, 1.165) is 37.8 Å². The van der Waals surface area contributed by atoms with Crippen molar-refractivity contribution in [3.05, 3.63) is 68.6 Å². The summed E-state index contributed by atoms with van der Waals surface area (Å²) in [5.74, 6) is 1.11. The largest absolute Gasteiger partial charge is 0.490 e. The summed E-state index contributed by atoms with van der Waals surface area (Å²) in [4.78, 5) is 11.3. The Balaban J connectivity index is 1.93. The lowest BCUT2D eigenvalue weighted by Gasteiger charge is -2.09. The molecule has 2 aromatic rings. The van der Waals surface area contributed by atoms with Crippen LogP contribution in [0.4, 0.5) is 0 Å². The molecule has 0 fully saturated rings. The molecule has 2 nitrogen and oxygen atoms in total. The molecule has 0 saturated heterocycles. The Morgan fingerprint density at radius 2 is 1.68 bits per heavy atom. The number of rotatable bonds is 7. The number of benzene rings is 2. The molecule has 0 bridgehead atoms. The molecule has 0 saturated carbocycles. The summed E-state index contributed by atoms with van der Waals surface area (Å²) in [5, 5.41) is 0. The predicted octanol–water partition coefficient (Wildman–Crippen LogP) is 6.46. The molecule has 0 heterocycles. The van der Waals surface area contributed by atoms with Crippen molar-refractivity contribution in [2.45, 2.75) is 27.2 Å². The smallest absolute Gasteiger partial charge is 0.132 e. The highest BCUT2D eigenvalue weighted by Gasteiger charge is 2.08. The van der Waals surface area contributed by atoms with Gasteiger partial charge in [0.05, 0.1) is 0 Å². The van der Waals surface area contributed by atoms with Crippen LogP contribution in [0.3, 0.4) is 0 Å². The van der Waals surface area contributed by atoms with Crippen molar-refractivity contribution in [2.75, 3.05) is 6.61 Å². The van der Waals surface area contributed by atoms with E-state index in [1.807, 2.05) is 37.3 Å². The van der Waals surface area contributed by atoms with Crippen LogP contribution in [0.1, 0.15) is 31.9 Å². The standard InChI is InChI=1S/C21H22Br2O2/c1-14(18-11-19(22)13-20(23)12-18)8-9-25-21-6-4-17(5-7-21)10-15(2)16(3)24/h4-8,11-13,15H,9-10H2,1-3H3/b14-8+. The summed E-state index contributed by atoms with van der Waals surface area (Å²) in [5.41, 5.74) is 3.47. The number of Topliss-reactive ketones (excluding diaryl/α,β-unsaturated/α-hetero) is 1. The second-order valence-corrected chi connectivity index (χ2v) is 8.05. The molecular weight excluding hydrogens is 444 g/mol. The molecule has 25 heavy (non-hydrogen) atoms. The zero-order chi connectivity index (χ0) is 18.4. The van der Waals surface area contributed by atoms with Gasteiger partial charge in [-0.05, 0) is 73.4 Å². The van der Waals surface area contributed by atoms with E-state index in [2.05, 4.69) is 57.0 Å². The number of carbonyl (C=O) groups excluding carboxylic acids is 1. The first-order chi connectivity index (χ1) is 11.8. The maximum atomic E-state index is 11.3. The third-order valence-corrected chi connectivity index (χ3v) is 5.03. The summed E-state index contributed by atoms with van der Waals surface area (Å²) in [6.45, 7) is 6.18. The summed E-state index contributed by atoms with van der Waals surface area (Å²) >= 11 is 7.02. The normalized spacial score (nSPS) is 12.8. The topological polar surface area (TPSA) is 26.3 Å². The molecule has 0 radical (unpaired) electrons. The van der Waals surface area contributed by atoms with Crippen molar-refractivity contribution in [1.82, 2.24) is 0 Å². The molecule has 4 heteroatoms. The molecule has 0 spiro atoms. The molecule has 2 aromatic carbocycles. The number of allylic oxidation sites excluding steroid dienone is 1. The van der Waals surface area contributed by atoms with Gasteiger partial charge in [0.1, 0.15) is 18.1 Å². The molecule has 0 aliphatic heterocycles. The quantitative estimate of drug-likeness (QED) is 0.468. The van der Waals surface area contributed by atoms with E-state index in [-0.39, 0.29) is 11.7 Å². The Labute approximate surface area is 166 Å². The van der Waals surface area contributed by atoms with E-state index in [4.69, 9.17) is 4.74 Å². The van der Waals surface area contributed by atoms with Crippen molar-refractivity contribution in [2.24, 2.45) is 5.92 Å². The number of carbonyl (C=O) groups is 1. The van der Waals surface area contributed by atoms with Crippen LogP contribution in [-0.2, 0) is 11.2 Å². The summed E-state index contributed by atoms with van der Waals surface area (Å²) in [6, 6.07) is 14.2. The van der Waals surface area contributed by atoms with Gasteiger partial charge in [0.25, 0.3) is 0 Å². The first-order valence-electron chi connectivity index (χ1n) is 8.20. The van der Waals surface area contributed by atoms with E-state index < -0.39 is 0 Å². The van der Waals surface area contributed by atoms with Crippen molar-refractivity contribution in [1.29, 1.82) is 0 Å². The van der Waals surface area contributed by atoms with Crippen LogP contribution in [0.15, 0.2) is 57.5 Å². The first kappa shape index (κ1) is 19.9. The summed E-state index contributed by atoms with van der Waals surface area (Å²) in [6.07, 6.45) is 2.84. The molecule has 0 aromatic heterocycles. The Morgan fingerprint density at radius 1 is 1.08 bits per heavy atom. The van der Waals surface area contributed by atoms with Gasteiger partial charge in [-0.25, -0.2) is 0 Å². The van der Waals surface area contributed by atoms with E-state index >= 15 is 0 Å². The van der Waals surface area contributed by atoms with Crippen LogP contribution in [-0.4, -0.2) is 12.4 Å². The van der Waals surface area contributed by atoms with Crippen molar-refractivity contribution >= 4 is 43.2 Å². The minimum atomic E-state index is 0.0573. The molecule has 0 amide bonds. The second kappa shape index (κ2) is 9.35. The van der Waals surface area contributed by atoms with Gasteiger partial charge < -0.3 is 4.74 Å². The number of ether oxygens (including phenoxy) is 1. The lowest BCUT2D eigenvalue weighted by atomic mass is 9.98. The molecule has 2 rings (SSSR count). The van der Waals surface area contributed by atoms with Crippen molar-refractivity contribution in [3.63, 3.8) is 0 Å². The average molecular weight is 466 g/mol. The lowest BCUT2D eigenvalue weighted by molar-refractivity contribution is -0.120. The van der Waals surface area contributed by atoms with Crippen LogP contribution < -0.4 is 4.74 Å². The van der Waals surface area contributed by atoms with E-state index in [1.165, 1.54) is 0 Å². The molecule has 132 valence electrons. The monoisotopic (exact) mass is 464 g/mol. The molecule has 0 N–H and O–H groups in total. The molecule has 0 aliphatic rings. The fourth-order valence-electron chi connectivity index (χ4n) is 2.38. The predicted molar refractivity (Wildman–Crippen MR) is 111 cm³/mol. The minimum absolute atomic E-state index is 0.0573. The van der Waals surface area contributed by atoms with Crippen LogP contribution in [0.2, 0.25) is 0 Å². The number of ketones is 1. The zero-order valence-electron chi connectivity index (χ0n) is 14.7. The highest BCUT2D eigenvalue weighted by Crippen LogP contribution is 2.24. The number of halogens is 2. The fourth-order valence-corrected chi connectivity index (χ4v) is 3.67. The Morgan fingerprint density at radius 3 is 2.24 bits per heavy atom. The Bertz CT molecular complexity index is 744. The lowest BCUT2D eigenvalue weighted by Crippen LogP contribution is -2.09. The third-order valence-electron chi connectivity index (χ3n) is 4.12. The maximum absolute atomic E-state index is 11.3. The van der Waals surface area contributed by atoms with Crippen LogP contribution >= 0.6 is 31.9 Å². The van der Waals surface area contributed by atoms with Gasteiger partial charge in [-0.15, -0.1) is 0 Å². The molecular formula is C21H22Br2O2. The van der Waals surface area contributed by atoms with Gasteiger partial charge in [-0.2, -0.15) is 0 Å². The first-order valence-corrected chi connectivity index (χ1v) is 9.79. The highest BCUT2D eigenvalue weighted by molar-refractivity contribution is 9.11. The number of hydrogen-bond acceptors (Lipinski definition) is 2. The highest BCUT2D eigenvalue weighted by atomic mass is 79.9. The van der Waals surface area contributed by atoms with E-state index in [1.54, 1.807) is 6.92 Å². The average Bonchev–Trinajstić information content (AvgIpc) is 2.55. The molecule has 1 atom stereocenters. The van der Waals surface area contributed by atoms with Crippen molar-refractivity contribution < 1.29 is 9.53 Å². The van der Waals surface area contributed by atoms with Crippen molar-refractivity contribution in [3.8, 4) is 5.75 Å². The van der Waals surface area contributed by atoms with Crippen LogP contribution in [0, 0.1) is 5.92 Å². The van der Waals surface area contributed by atoms with E-state index in [0.29, 0.717) is 6.61 Å². The van der Waals surface area contributed by atoms with Crippen LogP contribution in [0.5, 0.6) is 5.75 Å². The van der Waals surface area contributed by atoms with Gasteiger partial charge in [0, 0.05) is 14.9 Å². The Hall–Kier alpha value is -1.39. The third kappa shape index (κ3) is 6.44. The summed E-state index contributed by atoms with van der Waals surface area (Å²) < 4.78 is 7.88. The van der Waals surface area contributed by atoms with E-state index in [9.17, 15) is 4.79 Å². The number of hydrogen-bond donors (Lipinski definition) is 0. The molecule has 0 aliphatic carbocycles. The molecule has 1 unspecified atom stereocenters.